The fraction of sp³-hybridized carbons (Fsp3) is 0.182. The monoisotopic (exact) mass is 486 g/mol. The summed E-state index contributed by atoms with van der Waals surface area (Å²) in [5.41, 5.74) is -1.36. The van der Waals surface area contributed by atoms with Gasteiger partial charge in [-0.3, -0.25) is 0 Å². The van der Waals surface area contributed by atoms with Gasteiger partial charge in [0.1, 0.15) is 0 Å². The van der Waals surface area contributed by atoms with Gasteiger partial charge >= 0.3 is 182 Å². The van der Waals surface area contributed by atoms with E-state index in [4.69, 9.17) is 18.3 Å². The molecule has 3 aliphatic rings. The maximum absolute atomic E-state index is 15.2. The van der Waals surface area contributed by atoms with Crippen LogP contribution in [0.25, 0.3) is 0 Å². The molecule has 33 heavy (non-hydrogen) atoms. The average Bonchev–Trinajstić information content (AvgIpc) is 3.15. The summed E-state index contributed by atoms with van der Waals surface area (Å²) < 4.78 is 113. The van der Waals surface area contributed by atoms with Crippen molar-refractivity contribution in [2.45, 2.75) is 23.5 Å². The van der Waals surface area contributed by atoms with Crippen molar-refractivity contribution < 1.29 is 44.7 Å². The molecule has 4 nitrogen and oxygen atoms in total. The van der Waals surface area contributed by atoms with Crippen LogP contribution < -0.4 is 14.4 Å². The molecule has 0 aromatic heterocycles. The normalized spacial score (nSPS) is 29.5. The third-order valence-electron chi connectivity index (χ3n) is 6.11. The molecule has 11 heteroatoms. The summed E-state index contributed by atoms with van der Waals surface area (Å²) in [6.07, 6.45) is -10.8. The number of ether oxygens (including phenoxy) is 1. The van der Waals surface area contributed by atoms with Gasteiger partial charge in [-0.25, -0.2) is 0 Å². The Balaban J connectivity index is 1.85. The zero-order valence-electron chi connectivity index (χ0n) is 16.4. The third kappa shape index (κ3) is 2.07. The molecule has 0 N–H and O–H groups in total. The standard InChI is InChI=1S/C22H13F6O4P/c23-21(24,25)19-15-10-4-6-12-17(15)29-33(32-19,14-8-2-1-3-9-14)20(31-19,22(26,27)28)16-11-5-7-13-18(16)30-33/h1-13H/t19?,20-/m1/s1. The molecule has 3 aromatic rings. The van der Waals surface area contributed by atoms with Crippen molar-refractivity contribution >= 4 is 12.6 Å². The van der Waals surface area contributed by atoms with Crippen molar-refractivity contribution in [1.82, 2.24) is 0 Å². The SMILES string of the molecule is FC(F)(F)C12O[C@]3(C(F)(F)F)c4ccccc4OP3(c3ccccc3)(Oc3ccccc31)O2. The second-order valence-electron chi connectivity index (χ2n) is 7.84. The van der Waals surface area contributed by atoms with Crippen LogP contribution in [0.3, 0.4) is 0 Å². The van der Waals surface area contributed by atoms with Crippen LogP contribution in [0.1, 0.15) is 11.1 Å². The van der Waals surface area contributed by atoms with E-state index in [2.05, 4.69) is 0 Å². The molecule has 3 heterocycles. The number of halogens is 6. The van der Waals surface area contributed by atoms with Crippen LogP contribution in [0.15, 0.2) is 78.9 Å². The van der Waals surface area contributed by atoms with Gasteiger partial charge in [-0.05, 0) is 0 Å². The third-order valence-corrected chi connectivity index (χ3v) is 10.6. The summed E-state index contributed by atoms with van der Waals surface area (Å²) in [5.74, 6) is -4.56. The Bertz CT molecular complexity index is 1300. The van der Waals surface area contributed by atoms with Gasteiger partial charge in [-0.2, -0.15) is 0 Å². The minimum absolute atomic E-state index is 0.322. The van der Waals surface area contributed by atoms with Gasteiger partial charge in [0.15, 0.2) is 0 Å². The van der Waals surface area contributed by atoms with Crippen molar-refractivity contribution in [2.24, 2.45) is 0 Å². The first-order chi connectivity index (χ1) is 15.5. The number of hydrogen-bond acceptors (Lipinski definition) is 4. The second-order valence-corrected chi connectivity index (χ2v) is 11.3. The average molecular weight is 486 g/mol. The zero-order valence-corrected chi connectivity index (χ0v) is 17.2. The molecule has 1 fully saturated rings. The molecule has 0 radical (unpaired) electrons. The van der Waals surface area contributed by atoms with Crippen LogP contribution in [0.4, 0.5) is 26.3 Å². The van der Waals surface area contributed by atoms with E-state index in [9.17, 15) is 13.2 Å². The van der Waals surface area contributed by atoms with Crippen molar-refractivity contribution in [1.29, 1.82) is 0 Å². The van der Waals surface area contributed by atoms with E-state index in [1.165, 1.54) is 60.7 Å². The van der Waals surface area contributed by atoms with Crippen LogP contribution >= 0.6 is 7.28 Å². The summed E-state index contributed by atoms with van der Waals surface area (Å²) >= 11 is 0. The Hall–Kier alpha value is -2.81. The molecule has 6 rings (SSSR count). The summed E-state index contributed by atoms with van der Waals surface area (Å²) in [4.78, 5) is 0. The Morgan fingerprint density at radius 2 is 1.12 bits per heavy atom. The molecule has 2 atom stereocenters. The van der Waals surface area contributed by atoms with E-state index in [0.29, 0.717) is 0 Å². The molecule has 3 aliphatic heterocycles. The summed E-state index contributed by atoms with van der Waals surface area (Å²) in [5, 5.41) is -4.02. The topological polar surface area (TPSA) is 36.9 Å². The first kappa shape index (κ1) is 20.8. The van der Waals surface area contributed by atoms with E-state index in [1.54, 1.807) is 0 Å². The minimum atomic E-state index is -6.09. The van der Waals surface area contributed by atoms with Crippen LogP contribution in [-0.4, -0.2) is 12.4 Å². The summed E-state index contributed by atoms with van der Waals surface area (Å²) in [7, 11) is -6.09. The number of hydrogen-bond donors (Lipinski definition) is 0. The molecule has 0 saturated carbocycles. The fourth-order valence-corrected chi connectivity index (χ4v) is 9.80. The Morgan fingerprint density at radius 3 is 1.70 bits per heavy atom. The van der Waals surface area contributed by atoms with Crippen LogP contribution in [0.5, 0.6) is 11.5 Å². The van der Waals surface area contributed by atoms with E-state index in [-0.39, 0.29) is 11.1 Å². The van der Waals surface area contributed by atoms with Gasteiger partial charge in [0.05, 0.1) is 0 Å². The number of rotatable bonds is 1. The molecule has 2 bridgehead atoms. The predicted octanol–water partition coefficient (Wildman–Crippen LogP) is 6.27. The van der Waals surface area contributed by atoms with E-state index < -0.39 is 47.6 Å². The first-order valence-corrected chi connectivity index (χ1v) is 11.7. The first-order valence-electron chi connectivity index (χ1n) is 9.71. The number of fused-ring (bicyclic) bond motifs is 5. The number of benzene rings is 3. The van der Waals surface area contributed by atoms with Gasteiger partial charge in [-0.15, -0.1) is 0 Å². The Morgan fingerprint density at radius 1 is 0.606 bits per heavy atom. The Labute approximate surface area is 182 Å². The van der Waals surface area contributed by atoms with E-state index >= 15 is 13.2 Å². The van der Waals surface area contributed by atoms with Gasteiger partial charge in [0.2, 0.25) is 0 Å². The number of para-hydroxylation sites is 2. The quantitative estimate of drug-likeness (QED) is 0.300. The zero-order chi connectivity index (χ0) is 23.4. The van der Waals surface area contributed by atoms with Crippen molar-refractivity contribution in [3.8, 4) is 11.5 Å². The molecule has 3 aromatic carbocycles. The fourth-order valence-electron chi connectivity index (χ4n) is 4.87. The van der Waals surface area contributed by atoms with Gasteiger partial charge < -0.3 is 0 Å². The Kier molecular flexibility index (Phi) is 3.66. The summed E-state index contributed by atoms with van der Waals surface area (Å²) in [6, 6.07) is 16.3. The van der Waals surface area contributed by atoms with E-state index in [0.717, 1.165) is 18.2 Å². The van der Waals surface area contributed by atoms with Crippen molar-refractivity contribution in [3.05, 3.63) is 90.0 Å². The molecule has 0 aliphatic carbocycles. The van der Waals surface area contributed by atoms with Crippen LogP contribution in [0.2, 0.25) is 0 Å². The molecule has 1 spiro atoms. The van der Waals surface area contributed by atoms with E-state index in [1.807, 2.05) is 0 Å². The molecule has 1 saturated heterocycles. The second kappa shape index (κ2) is 5.81. The predicted molar refractivity (Wildman–Crippen MR) is 105 cm³/mol. The van der Waals surface area contributed by atoms with Crippen LogP contribution in [-0.2, 0) is 20.4 Å². The van der Waals surface area contributed by atoms with Gasteiger partial charge in [0.25, 0.3) is 0 Å². The maximum atomic E-state index is 15.2. The van der Waals surface area contributed by atoms with Crippen molar-refractivity contribution in [3.63, 3.8) is 0 Å². The van der Waals surface area contributed by atoms with Gasteiger partial charge in [-0.1, -0.05) is 0 Å². The molecular formula is C22H13F6O4P. The molecule has 1 unspecified atom stereocenters. The summed E-state index contributed by atoms with van der Waals surface area (Å²) in [6.45, 7) is 0. The van der Waals surface area contributed by atoms with Crippen molar-refractivity contribution in [2.75, 3.05) is 0 Å². The van der Waals surface area contributed by atoms with Gasteiger partial charge in [0, 0.05) is 0 Å². The molecule has 0 amide bonds. The van der Waals surface area contributed by atoms with Crippen LogP contribution in [0, 0.1) is 0 Å². The number of alkyl halides is 6. The molecular weight excluding hydrogens is 473 g/mol. The molecule has 172 valence electrons.